The summed E-state index contributed by atoms with van der Waals surface area (Å²) in [7, 11) is 0. The van der Waals surface area contributed by atoms with Gasteiger partial charge in [-0.25, -0.2) is 4.79 Å². The zero-order chi connectivity index (χ0) is 17.3. The van der Waals surface area contributed by atoms with Gasteiger partial charge in [-0.3, -0.25) is 14.5 Å². The van der Waals surface area contributed by atoms with Crippen molar-refractivity contribution in [2.45, 2.75) is 65.5 Å². The fraction of sp³-hybridized carbons (Fsp3) is 0.800. The Morgan fingerprint density at radius 1 is 1.23 bits per heavy atom. The molecule has 0 spiro atoms. The number of nitrogens with zero attached hydrogens (tertiary/aromatic N) is 1. The fourth-order valence-corrected chi connectivity index (χ4v) is 1.77. The molecule has 0 aliphatic rings. The van der Waals surface area contributed by atoms with Crippen molar-refractivity contribution in [3.05, 3.63) is 0 Å². The van der Waals surface area contributed by atoms with Gasteiger partial charge >= 0.3 is 18.0 Å². The molecule has 0 saturated carbocycles. The number of aliphatic carboxylic acids is 1. The number of hydrogen-bond acceptors (Lipinski definition) is 5. The van der Waals surface area contributed by atoms with E-state index >= 15 is 0 Å². The standard InChI is InChI=1S/C15H27NO6/c1-6-21-13(19)10-16(14(20)22-15(3,4)5)11(2)8-7-9-12(17)18/h11H,6-10H2,1-5H3,(H,17,18). The Morgan fingerprint density at radius 2 is 1.82 bits per heavy atom. The maximum atomic E-state index is 12.2. The van der Waals surface area contributed by atoms with Crippen LogP contribution in [0.15, 0.2) is 0 Å². The van der Waals surface area contributed by atoms with E-state index in [2.05, 4.69) is 0 Å². The first kappa shape index (κ1) is 20.2. The Hall–Kier alpha value is -1.79. The molecular formula is C15H27NO6. The zero-order valence-electron chi connectivity index (χ0n) is 14.0. The Bertz CT molecular complexity index is 388. The van der Waals surface area contributed by atoms with Crippen molar-refractivity contribution in [3.8, 4) is 0 Å². The predicted molar refractivity (Wildman–Crippen MR) is 80.5 cm³/mol. The normalized spacial score (nSPS) is 12.4. The lowest BCUT2D eigenvalue weighted by molar-refractivity contribution is -0.145. The number of rotatable bonds is 8. The van der Waals surface area contributed by atoms with Crippen molar-refractivity contribution in [3.63, 3.8) is 0 Å². The second kappa shape index (κ2) is 9.27. The van der Waals surface area contributed by atoms with Crippen LogP contribution in [0, 0.1) is 0 Å². The fourth-order valence-electron chi connectivity index (χ4n) is 1.77. The number of amides is 1. The number of ether oxygens (including phenoxy) is 2. The van der Waals surface area contributed by atoms with Crippen LogP contribution in [0.3, 0.4) is 0 Å². The van der Waals surface area contributed by atoms with E-state index in [1.165, 1.54) is 4.90 Å². The molecule has 0 aromatic carbocycles. The van der Waals surface area contributed by atoms with Crippen molar-refractivity contribution in [2.75, 3.05) is 13.2 Å². The molecule has 0 aromatic heterocycles. The molecule has 7 nitrogen and oxygen atoms in total. The molecule has 1 amide bonds. The topological polar surface area (TPSA) is 93.1 Å². The van der Waals surface area contributed by atoms with Gasteiger partial charge < -0.3 is 14.6 Å². The molecule has 1 N–H and O–H groups in total. The summed E-state index contributed by atoms with van der Waals surface area (Å²) < 4.78 is 10.2. The van der Waals surface area contributed by atoms with Crippen LogP contribution in [0.25, 0.3) is 0 Å². The van der Waals surface area contributed by atoms with Gasteiger partial charge in [-0.05, 0) is 47.5 Å². The van der Waals surface area contributed by atoms with E-state index in [-0.39, 0.29) is 25.6 Å². The average Bonchev–Trinajstić information content (AvgIpc) is 2.33. The number of carboxylic acids is 1. The van der Waals surface area contributed by atoms with Crippen LogP contribution < -0.4 is 0 Å². The second-order valence-corrected chi connectivity index (χ2v) is 6.05. The van der Waals surface area contributed by atoms with Crippen LogP contribution in [-0.2, 0) is 19.1 Å². The Morgan fingerprint density at radius 3 is 2.27 bits per heavy atom. The van der Waals surface area contributed by atoms with Crippen LogP contribution in [-0.4, -0.2) is 52.8 Å². The summed E-state index contributed by atoms with van der Waals surface area (Å²) in [6.45, 7) is 8.68. The molecule has 1 atom stereocenters. The van der Waals surface area contributed by atoms with Crippen molar-refractivity contribution in [1.82, 2.24) is 4.90 Å². The Balaban J connectivity index is 4.79. The maximum absolute atomic E-state index is 12.2. The van der Waals surface area contributed by atoms with Gasteiger partial charge in [0.25, 0.3) is 0 Å². The lowest BCUT2D eigenvalue weighted by atomic mass is 10.1. The average molecular weight is 317 g/mol. The molecule has 0 bridgehead atoms. The highest BCUT2D eigenvalue weighted by molar-refractivity contribution is 5.78. The number of carbonyl (C=O) groups excluding carboxylic acids is 2. The van der Waals surface area contributed by atoms with Gasteiger partial charge in [0.15, 0.2) is 0 Å². The first-order valence-electron chi connectivity index (χ1n) is 7.43. The van der Waals surface area contributed by atoms with Crippen molar-refractivity contribution >= 4 is 18.0 Å². The summed E-state index contributed by atoms with van der Waals surface area (Å²) >= 11 is 0. The quantitative estimate of drug-likeness (QED) is 0.691. The molecule has 22 heavy (non-hydrogen) atoms. The minimum atomic E-state index is -0.888. The largest absolute Gasteiger partial charge is 0.481 e. The minimum Gasteiger partial charge on any atom is -0.481 e. The van der Waals surface area contributed by atoms with Crippen LogP contribution in [0.2, 0.25) is 0 Å². The van der Waals surface area contributed by atoms with Crippen molar-refractivity contribution in [1.29, 1.82) is 0 Å². The lowest BCUT2D eigenvalue weighted by Gasteiger charge is -2.31. The zero-order valence-corrected chi connectivity index (χ0v) is 14.0. The molecule has 0 radical (unpaired) electrons. The van der Waals surface area contributed by atoms with Crippen molar-refractivity contribution in [2.24, 2.45) is 0 Å². The summed E-state index contributed by atoms with van der Waals surface area (Å²) in [5.74, 6) is -1.40. The molecule has 0 aliphatic carbocycles. The van der Waals surface area contributed by atoms with Gasteiger partial charge in [-0.1, -0.05) is 0 Å². The van der Waals surface area contributed by atoms with E-state index in [1.54, 1.807) is 34.6 Å². The predicted octanol–water partition coefficient (Wildman–Crippen LogP) is 2.43. The summed E-state index contributed by atoms with van der Waals surface area (Å²) in [6.07, 6.45) is 0.290. The lowest BCUT2D eigenvalue weighted by Crippen LogP contribution is -2.45. The van der Waals surface area contributed by atoms with Gasteiger partial charge in [0.2, 0.25) is 0 Å². The SMILES string of the molecule is CCOC(=O)CN(C(=O)OC(C)(C)C)C(C)CCCC(=O)O. The monoisotopic (exact) mass is 317 g/mol. The van der Waals surface area contributed by atoms with Gasteiger partial charge in [0, 0.05) is 12.5 Å². The van der Waals surface area contributed by atoms with Gasteiger partial charge in [-0.15, -0.1) is 0 Å². The smallest absolute Gasteiger partial charge is 0.411 e. The van der Waals surface area contributed by atoms with Crippen LogP contribution in [0.1, 0.15) is 53.9 Å². The molecule has 0 aromatic rings. The van der Waals surface area contributed by atoms with E-state index in [9.17, 15) is 14.4 Å². The summed E-state index contributed by atoms with van der Waals surface area (Å²) in [4.78, 5) is 35.7. The molecule has 128 valence electrons. The molecule has 1 unspecified atom stereocenters. The summed E-state index contributed by atoms with van der Waals surface area (Å²) in [5, 5.41) is 8.66. The molecule has 0 heterocycles. The van der Waals surface area contributed by atoms with E-state index in [1.807, 2.05) is 0 Å². The molecule has 0 fully saturated rings. The number of carbonyl (C=O) groups is 3. The van der Waals surface area contributed by atoms with Crippen LogP contribution in [0.4, 0.5) is 4.79 Å². The van der Waals surface area contributed by atoms with E-state index in [4.69, 9.17) is 14.6 Å². The molecule has 7 heteroatoms. The highest BCUT2D eigenvalue weighted by atomic mass is 16.6. The number of hydrogen-bond donors (Lipinski definition) is 1. The number of esters is 1. The molecule has 0 rings (SSSR count). The minimum absolute atomic E-state index is 0.0197. The third-order valence-electron chi connectivity index (χ3n) is 2.78. The highest BCUT2D eigenvalue weighted by Gasteiger charge is 2.28. The summed E-state index contributed by atoms with van der Waals surface area (Å²) in [5.41, 5.74) is -0.676. The van der Waals surface area contributed by atoms with Gasteiger partial charge in [0.1, 0.15) is 12.1 Å². The molecule has 0 aliphatic heterocycles. The van der Waals surface area contributed by atoms with E-state index in [0.717, 1.165) is 0 Å². The van der Waals surface area contributed by atoms with E-state index < -0.39 is 23.6 Å². The molecule has 0 saturated heterocycles. The van der Waals surface area contributed by atoms with Gasteiger partial charge in [-0.2, -0.15) is 0 Å². The first-order chi connectivity index (χ1) is 10.1. The van der Waals surface area contributed by atoms with Gasteiger partial charge in [0.05, 0.1) is 6.61 Å². The summed E-state index contributed by atoms with van der Waals surface area (Å²) in [6, 6.07) is -0.321. The Kier molecular flexibility index (Phi) is 8.52. The third kappa shape index (κ3) is 9.20. The van der Waals surface area contributed by atoms with E-state index in [0.29, 0.717) is 12.8 Å². The third-order valence-corrected chi connectivity index (χ3v) is 2.78. The van der Waals surface area contributed by atoms with Crippen LogP contribution in [0.5, 0.6) is 0 Å². The molecular weight excluding hydrogens is 290 g/mol. The van der Waals surface area contributed by atoms with Crippen LogP contribution >= 0.6 is 0 Å². The van der Waals surface area contributed by atoms with Crippen molar-refractivity contribution < 1.29 is 29.0 Å². The number of carboxylic acid groups (broad SMARTS) is 1. The maximum Gasteiger partial charge on any atom is 0.411 e. The Labute approximate surface area is 131 Å². The second-order valence-electron chi connectivity index (χ2n) is 6.05. The first-order valence-corrected chi connectivity index (χ1v) is 7.43. The highest BCUT2D eigenvalue weighted by Crippen LogP contribution is 2.15.